The molecule has 0 aliphatic carbocycles. The molecule has 0 saturated carbocycles. The number of esters is 1. The number of aromatic amines is 1. The Morgan fingerprint density at radius 3 is 2.42 bits per heavy atom. The van der Waals surface area contributed by atoms with Gasteiger partial charge in [-0.1, -0.05) is 23.9 Å². The van der Waals surface area contributed by atoms with Gasteiger partial charge in [-0.05, 0) is 19.1 Å². The predicted octanol–water partition coefficient (Wildman–Crippen LogP) is 1.33. The molecule has 3 rings (SSSR count). The van der Waals surface area contributed by atoms with Crippen LogP contribution in [0.5, 0.6) is 0 Å². The molecule has 0 bridgehead atoms. The zero-order valence-corrected chi connectivity index (χ0v) is 14.7. The normalized spacial score (nSPS) is 13.0. The Morgan fingerprint density at radius 2 is 1.85 bits per heavy atom. The summed E-state index contributed by atoms with van der Waals surface area (Å²) in [6.07, 6.45) is 1.15. The highest BCUT2D eigenvalue weighted by Crippen LogP contribution is 2.23. The van der Waals surface area contributed by atoms with E-state index in [0.717, 1.165) is 6.20 Å². The maximum Gasteiger partial charge on any atom is 0.345 e. The average molecular weight is 373 g/mol. The molecule has 26 heavy (non-hydrogen) atoms. The molecular formula is C17H15N3O5S. The number of fused-ring (bicyclic) bond motifs is 1. The third-order valence-corrected chi connectivity index (χ3v) is 4.57. The van der Waals surface area contributed by atoms with Crippen LogP contribution in [0.15, 0.2) is 40.4 Å². The minimum Gasteiger partial charge on any atom is -0.462 e. The largest absolute Gasteiger partial charge is 0.462 e. The number of aromatic nitrogens is 2. The fourth-order valence-corrected chi connectivity index (χ4v) is 3.24. The first-order valence-electron chi connectivity index (χ1n) is 7.87. The molecule has 2 aromatic rings. The van der Waals surface area contributed by atoms with Crippen molar-refractivity contribution < 1.29 is 19.1 Å². The maximum absolute atomic E-state index is 12.3. The standard InChI is InChI=1S/C17H15N3O5S/c1-2-25-16(24)12-9-18-17(19-13(12)21)26-8-7-20-14(22)10-5-3-4-6-11(10)15(20)23/h3-6,9H,2,7-8H2,1H3,(H,18,19,21). The Bertz CT molecular complexity index is 905. The summed E-state index contributed by atoms with van der Waals surface area (Å²) in [5, 5.41) is 0.291. The van der Waals surface area contributed by atoms with Crippen molar-refractivity contribution in [1.82, 2.24) is 14.9 Å². The summed E-state index contributed by atoms with van der Waals surface area (Å²) >= 11 is 1.17. The molecule has 1 aliphatic rings. The first-order valence-corrected chi connectivity index (χ1v) is 8.86. The molecule has 1 aromatic heterocycles. The molecule has 0 saturated heterocycles. The lowest BCUT2D eigenvalue weighted by Gasteiger charge is -2.12. The average Bonchev–Trinajstić information content (AvgIpc) is 2.87. The molecule has 1 aliphatic heterocycles. The van der Waals surface area contributed by atoms with E-state index < -0.39 is 11.5 Å². The number of rotatable bonds is 6. The van der Waals surface area contributed by atoms with Crippen LogP contribution in [-0.2, 0) is 4.74 Å². The molecule has 0 atom stereocenters. The number of ether oxygens (including phenoxy) is 1. The fraction of sp³-hybridized carbons (Fsp3) is 0.235. The van der Waals surface area contributed by atoms with E-state index in [9.17, 15) is 19.2 Å². The minimum absolute atomic E-state index is 0.162. The van der Waals surface area contributed by atoms with Gasteiger partial charge in [-0.15, -0.1) is 0 Å². The van der Waals surface area contributed by atoms with Crippen molar-refractivity contribution in [3.05, 3.63) is 57.5 Å². The summed E-state index contributed by atoms with van der Waals surface area (Å²) in [7, 11) is 0. The van der Waals surface area contributed by atoms with Crippen LogP contribution in [0.2, 0.25) is 0 Å². The molecule has 2 amide bonds. The van der Waals surface area contributed by atoms with Gasteiger partial charge in [-0.3, -0.25) is 19.3 Å². The van der Waals surface area contributed by atoms with Crippen LogP contribution in [0.1, 0.15) is 38.0 Å². The van der Waals surface area contributed by atoms with Gasteiger partial charge >= 0.3 is 5.97 Å². The van der Waals surface area contributed by atoms with Crippen LogP contribution in [-0.4, -0.2) is 51.6 Å². The topological polar surface area (TPSA) is 109 Å². The second-order valence-corrected chi connectivity index (χ2v) is 6.39. The van der Waals surface area contributed by atoms with Gasteiger partial charge < -0.3 is 9.72 Å². The smallest absolute Gasteiger partial charge is 0.345 e. The Hall–Kier alpha value is -2.94. The Balaban J connectivity index is 1.62. The number of nitrogens with zero attached hydrogens (tertiary/aromatic N) is 2. The van der Waals surface area contributed by atoms with Crippen LogP contribution in [0.4, 0.5) is 0 Å². The van der Waals surface area contributed by atoms with Crippen molar-refractivity contribution in [2.75, 3.05) is 18.9 Å². The van der Waals surface area contributed by atoms with Gasteiger partial charge in [-0.2, -0.15) is 0 Å². The van der Waals surface area contributed by atoms with Gasteiger partial charge in [0.25, 0.3) is 17.4 Å². The number of H-pyrrole nitrogens is 1. The number of nitrogens with one attached hydrogen (secondary N) is 1. The lowest BCUT2D eigenvalue weighted by molar-refractivity contribution is 0.0522. The number of imide groups is 1. The number of carbonyl (C=O) groups is 3. The molecule has 1 N–H and O–H groups in total. The molecule has 0 radical (unpaired) electrons. The number of benzene rings is 1. The van der Waals surface area contributed by atoms with Crippen molar-refractivity contribution >= 4 is 29.5 Å². The Kier molecular flexibility index (Phi) is 5.17. The second-order valence-electron chi connectivity index (χ2n) is 5.31. The molecule has 2 heterocycles. The van der Waals surface area contributed by atoms with Crippen molar-refractivity contribution in [3.8, 4) is 0 Å². The minimum atomic E-state index is -0.733. The molecule has 1 aromatic carbocycles. The van der Waals surface area contributed by atoms with Crippen LogP contribution in [0.3, 0.4) is 0 Å². The van der Waals surface area contributed by atoms with Gasteiger partial charge in [-0.25, -0.2) is 9.78 Å². The van der Waals surface area contributed by atoms with Gasteiger partial charge in [0.05, 0.1) is 17.7 Å². The Labute approximate surface area is 152 Å². The number of carbonyl (C=O) groups excluding carboxylic acids is 3. The van der Waals surface area contributed by atoms with E-state index in [1.54, 1.807) is 31.2 Å². The lowest BCUT2D eigenvalue weighted by atomic mass is 10.1. The molecule has 134 valence electrons. The number of hydrogen-bond donors (Lipinski definition) is 1. The van der Waals surface area contributed by atoms with Crippen LogP contribution in [0, 0.1) is 0 Å². The Morgan fingerprint density at radius 1 is 1.19 bits per heavy atom. The van der Waals surface area contributed by atoms with E-state index in [0.29, 0.717) is 22.0 Å². The summed E-state index contributed by atoms with van der Waals surface area (Å²) in [5.74, 6) is -1.04. The first kappa shape index (κ1) is 17.9. The van der Waals surface area contributed by atoms with E-state index in [-0.39, 0.29) is 30.5 Å². The molecule has 9 heteroatoms. The third kappa shape index (κ3) is 3.38. The molecule has 8 nitrogen and oxygen atoms in total. The molecule has 0 spiro atoms. The van der Waals surface area contributed by atoms with E-state index >= 15 is 0 Å². The lowest BCUT2D eigenvalue weighted by Crippen LogP contribution is -2.32. The summed E-state index contributed by atoms with van der Waals surface area (Å²) in [4.78, 5) is 55.6. The summed E-state index contributed by atoms with van der Waals surface area (Å²) in [6.45, 7) is 1.98. The van der Waals surface area contributed by atoms with E-state index in [1.165, 1.54) is 16.7 Å². The van der Waals surface area contributed by atoms with Crippen molar-refractivity contribution in [3.63, 3.8) is 0 Å². The van der Waals surface area contributed by atoms with E-state index in [1.807, 2.05) is 0 Å². The zero-order valence-electron chi connectivity index (χ0n) is 13.9. The van der Waals surface area contributed by atoms with Crippen molar-refractivity contribution in [2.24, 2.45) is 0 Å². The first-order chi connectivity index (χ1) is 12.5. The molecule has 0 unspecified atom stereocenters. The summed E-state index contributed by atoms with van der Waals surface area (Å²) in [6, 6.07) is 6.66. The second kappa shape index (κ2) is 7.52. The highest BCUT2D eigenvalue weighted by atomic mass is 32.2. The molecule has 0 fully saturated rings. The predicted molar refractivity (Wildman–Crippen MR) is 93.3 cm³/mol. The van der Waals surface area contributed by atoms with Gasteiger partial charge in [0, 0.05) is 18.5 Å². The quantitative estimate of drug-likeness (QED) is 0.352. The van der Waals surface area contributed by atoms with E-state index in [2.05, 4.69) is 9.97 Å². The highest BCUT2D eigenvalue weighted by Gasteiger charge is 2.34. The van der Waals surface area contributed by atoms with Gasteiger partial charge in [0.1, 0.15) is 5.56 Å². The SMILES string of the molecule is CCOC(=O)c1cnc(SCCN2C(=O)c3ccccc3C2=O)[nH]c1=O. The zero-order chi connectivity index (χ0) is 18.7. The van der Waals surface area contributed by atoms with Gasteiger partial charge in [0.2, 0.25) is 0 Å². The highest BCUT2D eigenvalue weighted by molar-refractivity contribution is 7.99. The van der Waals surface area contributed by atoms with Crippen LogP contribution < -0.4 is 5.56 Å². The third-order valence-electron chi connectivity index (χ3n) is 3.70. The number of amides is 2. The van der Waals surface area contributed by atoms with E-state index in [4.69, 9.17) is 4.74 Å². The number of hydrogen-bond acceptors (Lipinski definition) is 7. The van der Waals surface area contributed by atoms with Crippen molar-refractivity contribution in [1.29, 1.82) is 0 Å². The summed E-state index contributed by atoms with van der Waals surface area (Å²) in [5.41, 5.74) is 0.0267. The fourth-order valence-electron chi connectivity index (χ4n) is 2.48. The monoisotopic (exact) mass is 373 g/mol. The van der Waals surface area contributed by atoms with Gasteiger partial charge in [0.15, 0.2) is 5.16 Å². The maximum atomic E-state index is 12.3. The van der Waals surface area contributed by atoms with Crippen LogP contribution >= 0.6 is 11.8 Å². The van der Waals surface area contributed by atoms with Crippen molar-refractivity contribution in [2.45, 2.75) is 12.1 Å². The summed E-state index contributed by atoms with van der Waals surface area (Å²) < 4.78 is 4.76. The molecular weight excluding hydrogens is 358 g/mol. The number of thioether (sulfide) groups is 1. The van der Waals surface area contributed by atoms with Crippen LogP contribution in [0.25, 0.3) is 0 Å².